The number of hydrogen-bond donors (Lipinski definition) is 7. The number of para-hydroxylation sites is 1. The molecule has 8 N–H and O–H groups in total. The first-order chi connectivity index (χ1) is 21.3. The molecule has 1 aliphatic heterocycles. The first-order valence-corrected chi connectivity index (χ1v) is 17.6. The smallest absolute Gasteiger partial charge is 0.390 e. The maximum Gasteiger partial charge on any atom is 0.490 e. The molecule has 0 saturated carbocycles. The Morgan fingerprint density at radius 2 is 1.85 bits per heavy atom. The number of nitrogens with one attached hydrogen (secondary N) is 1. The van der Waals surface area contributed by atoms with E-state index >= 15 is 0 Å². The number of aliphatic hydroxyl groups is 1. The molecule has 24 heteroatoms. The van der Waals surface area contributed by atoms with E-state index < -0.39 is 65.1 Å². The van der Waals surface area contributed by atoms with Crippen LogP contribution in [0.15, 0.2) is 35.3 Å². The minimum atomic E-state index is -5.76. The number of fused-ring (bicyclic) bond motifs is 1. The predicted molar refractivity (Wildman–Crippen MR) is 155 cm³/mol. The van der Waals surface area contributed by atoms with Gasteiger partial charge in [-0.2, -0.15) is 13.6 Å². The van der Waals surface area contributed by atoms with Crippen molar-refractivity contribution in [2.24, 2.45) is 5.92 Å². The van der Waals surface area contributed by atoms with Gasteiger partial charge in [-0.05, 0) is 12.0 Å². The van der Waals surface area contributed by atoms with E-state index in [0.717, 1.165) is 0 Å². The zero-order valence-electron chi connectivity index (χ0n) is 23.9. The molecule has 3 heterocycles. The molecule has 254 valence electrons. The van der Waals surface area contributed by atoms with Gasteiger partial charge in [-0.3, -0.25) is 24.4 Å². The van der Waals surface area contributed by atoms with E-state index in [2.05, 4.69) is 23.1 Å². The van der Waals surface area contributed by atoms with E-state index in [1.54, 1.807) is 26.0 Å². The number of hydrogen-bond acceptors (Lipinski definition) is 14. The number of aliphatic hydroxyl groups excluding tert-OH is 1. The largest absolute Gasteiger partial charge is 0.490 e. The van der Waals surface area contributed by atoms with Crippen LogP contribution < -0.4 is 11.3 Å². The Hall–Kier alpha value is -2.87. The molecule has 1 aliphatic rings. The number of phosphoric ester groups is 1. The van der Waals surface area contributed by atoms with Crippen molar-refractivity contribution in [1.82, 2.24) is 14.5 Å². The van der Waals surface area contributed by atoms with Crippen LogP contribution in [0.25, 0.3) is 11.0 Å². The molecule has 0 spiro atoms. The molecule has 1 fully saturated rings. The van der Waals surface area contributed by atoms with Gasteiger partial charge in [-0.1, -0.05) is 26.0 Å². The summed E-state index contributed by atoms with van der Waals surface area (Å²) in [6, 6.07) is 6.07. The third kappa shape index (κ3) is 8.72. The number of nitrogen functional groups attached to an aromatic ring is 1. The fourth-order valence-electron chi connectivity index (χ4n) is 4.80. The van der Waals surface area contributed by atoms with Crippen molar-refractivity contribution in [3.05, 3.63) is 62.1 Å². The summed E-state index contributed by atoms with van der Waals surface area (Å²) in [5.74, 6) is -0.489. The van der Waals surface area contributed by atoms with Crippen LogP contribution >= 0.6 is 23.5 Å². The van der Waals surface area contributed by atoms with Crippen LogP contribution in [0.4, 0.5) is 11.6 Å². The number of aromatic nitrogens is 3. The molecular formula is C22H30N5O16P3. The van der Waals surface area contributed by atoms with Crippen LogP contribution in [0.5, 0.6) is 0 Å². The van der Waals surface area contributed by atoms with Gasteiger partial charge in [-0.15, -0.1) is 0 Å². The highest BCUT2D eigenvalue weighted by molar-refractivity contribution is 7.66. The number of nitrogens with two attached hydrogens (primary N) is 1. The number of benzene rings is 1. The van der Waals surface area contributed by atoms with Gasteiger partial charge < -0.3 is 44.5 Å². The monoisotopic (exact) mass is 713 g/mol. The topological polar surface area (TPSA) is 318 Å². The molecule has 2 aromatic heterocycles. The lowest BCUT2D eigenvalue weighted by molar-refractivity contribution is -0.386. The van der Waals surface area contributed by atoms with Crippen LogP contribution in [-0.2, 0) is 42.9 Å². The lowest BCUT2D eigenvalue weighted by atomic mass is 9.97. The summed E-state index contributed by atoms with van der Waals surface area (Å²) >= 11 is 0. The fraction of sp³-hybridized carbons (Fsp3) is 0.455. The van der Waals surface area contributed by atoms with Crippen molar-refractivity contribution in [1.29, 1.82) is 0 Å². The molecule has 0 aliphatic carbocycles. The zero-order valence-corrected chi connectivity index (χ0v) is 26.6. The Morgan fingerprint density at radius 3 is 2.48 bits per heavy atom. The molecule has 0 radical (unpaired) electrons. The first-order valence-electron chi connectivity index (χ1n) is 13.1. The van der Waals surface area contributed by atoms with Crippen LogP contribution in [0, 0.1) is 16.0 Å². The third-order valence-corrected chi connectivity index (χ3v) is 10.4. The lowest BCUT2D eigenvalue weighted by Crippen LogP contribution is -2.26. The van der Waals surface area contributed by atoms with E-state index in [0.29, 0.717) is 5.56 Å². The SMILES string of the molecule is CC(C)C(OCc1cn([C@H]2CC(O)[C@@H](COP(=O)(O)OP(=O)(O)OP(=O)(O)O)O2)c2nc(N)[nH]c(=O)c12)c1ccccc1[N+](=O)[O-]. The Kier molecular flexibility index (Phi) is 10.7. The maximum absolute atomic E-state index is 13.0. The number of nitro groups is 1. The lowest BCUT2D eigenvalue weighted by Gasteiger charge is -2.21. The second kappa shape index (κ2) is 13.7. The number of nitro benzene ring substituents is 1. The van der Waals surface area contributed by atoms with Crippen molar-refractivity contribution >= 4 is 46.1 Å². The zero-order chi connectivity index (χ0) is 34.2. The third-order valence-electron chi connectivity index (χ3n) is 6.58. The number of H-pyrrole nitrogens is 1. The molecule has 0 amide bonds. The van der Waals surface area contributed by atoms with Crippen molar-refractivity contribution in [2.45, 2.75) is 51.4 Å². The van der Waals surface area contributed by atoms with E-state index in [-0.39, 0.29) is 47.2 Å². The molecule has 46 heavy (non-hydrogen) atoms. The van der Waals surface area contributed by atoms with E-state index in [9.17, 15) is 43.5 Å². The van der Waals surface area contributed by atoms with E-state index in [4.69, 9.17) is 25.0 Å². The minimum absolute atomic E-state index is 0.0115. The van der Waals surface area contributed by atoms with Gasteiger partial charge in [-0.25, -0.2) is 13.7 Å². The number of ether oxygens (including phenoxy) is 2. The molecule has 4 rings (SSSR count). The summed E-state index contributed by atoms with van der Waals surface area (Å²) in [6.45, 7) is 2.46. The Balaban J connectivity index is 1.56. The number of rotatable bonds is 14. The highest BCUT2D eigenvalue weighted by Gasteiger charge is 2.43. The van der Waals surface area contributed by atoms with Crippen LogP contribution in [-0.4, -0.2) is 63.0 Å². The van der Waals surface area contributed by atoms with Gasteiger partial charge in [0, 0.05) is 24.2 Å². The number of anilines is 1. The fourth-order valence-corrected chi connectivity index (χ4v) is 7.83. The molecule has 0 bridgehead atoms. The van der Waals surface area contributed by atoms with Crippen LogP contribution in [0.1, 0.15) is 43.7 Å². The van der Waals surface area contributed by atoms with Gasteiger partial charge in [0.25, 0.3) is 11.2 Å². The molecule has 6 atom stereocenters. The normalized spacial score (nSPS) is 22.1. The van der Waals surface area contributed by atoms with Gasteiger partial charge in [0.2, 0.25) is 5.95 Å². The van der Waals surface area contributed by atoms with Gasteiger partial charge in [0.05, 0.1) is 41.3 Å². The average molecular weight is 713 g/mol. The van der Waals surface area contributed by atoms with Gasteiger partial charge >= 0.3 is 23.5 Å². The average Bonchev–Trinajstić information content (AvgIpc) is 3.45. The van der Waals surface area contributed by atoms with Crippen LogP contribution in [0.3, 0.4) is 0 Å². The minimum Gasteiger partial charge on any atom is -0.390 e. The summed E-state index contributed by atoms with van der Waals surface area (Å²) in [4.78, 5) is 67.0. The Labute approximate surface area is 258 Å². The van der Waals surface area contributed by atoms with Crippen molar-refractivity contribution in [3.63, 3.8) is 0 Å². The summed E-state index contributed by atoms with van der Waals surface area (Å²) < 4.78 is 59.6. The second-order valence-corrected chi connectivity index (χ2v) is 14.7. The molecule has 1 aromatic carbocycles. The number of nitrogens with zero attached hydrogens (tertiary/aromatic N) is 3. The van der Waals surface area contributed by atoms with Crippen molar-refractivity contribution < 1.29 is 65.9 Å². The van der Waals surface area contributed by atoms with Crippen LogP contribution in [0.2, 0.25) is 0 Å². The Bertz CT molecular complexity index is 1810. The highest BCUT2D eigenvalue weighted by atomic mass is 31.3. The van der Waals surface area contributed by atoms with Gasteiger partial charge in [0.15, 0.2) is 5.65 Å². The maximum atomic E-state index is 13.0. The van der Waals surface area contributed by atoms with Crippen molar-refractivity contribution in [3.8, 4) is 0 Å². The molecule has 1 saturated heterocycles. The molecule has 21 nitrogen and oxygen atoms in total. The summed E-state index contributed by atoms with van der Waals surface area (Å²) in [5, 5.41) is 22.2. The molecular weight excluding hydrogens is 683 g/mol. The summed E-state index contributed by atoms with van der Waals surface area (Å²) in [5.41, 5.74) is 5.59. The standard InChI is InChI=1S/C22H30N5O16P3/c1-11(2)19(13-5-3-4-6-14(13)27(30)31)39-9-12-8-26(20-18(12)21(29)25-22(23)24-20)17-7-15(28)16(41-17)10-40-45(35,36)43-46(37,38)42-44(32,33)34/h3-6,8,11,15-17,19,28H,7,9-10H2,1-2H3,(H,35,36)(H,37,38)(H2,32,33,34)(H3,23,24,25,29)/t15?,16-,17-,19?/m1/s1. The molecule has 4 unspecified atom stereocenters. The molecule has 3 aromatic rings. The van der Waals surface area contributed by atoms with Crippen molar-refractivity contribution in [2.75, 3.05) is 12.3 Å². The van der Waals surface area contributed by atoms with Gasteiger partial charge in [0.1, 0.15) is 12.3 Å². The highest BCUT2D eigenvalue weighted by Crippen LogP contribution is 2.66. The van der Waals surface area contributed by atoms with E-state index in [1.165, 1.54) is 22.9 Å². The summed E-state index contributed by atoms with van der Waals surface area (Å²) in [6.07, 6.45) is -3.33. The first kappa shape index (κ1) is 36.0. The second-order valence-electron chi connectivity index (χ2n) is 10.3. The predicted octanol–water partition coefficient (Wildman–Crippen LogP) is 2.12. The number of phosphoric acid groups is 3. The quantitative estimate of drug-likeness (QED) is 0.0714. The summed E-state index contributed by atoms with van der Waals surface area (Å²) in [7, 11) is -16.9. The Morgan fingerprint density at radius 1 is 1.17 bits per heavy atom. The van der Waals surface area contributed by atoms with E-state index in [1.807, 2.05) is 0 Å². The number of aromatic amines is 1.